The van der Waals surface area contributed by atoms with Crippen LogP contribution in [-0.2, 0) is 4.74 Å². The minimum absolute atomic E-state index is 0.201. The highest BCUT2D eigenvalue weighted by atomic mass is 35.5. The normalized spacial score (nSPS) is 16.6. The molecule has 1 saturated heterocycles. The lowest BCUT2D eigenvalue weighted by molar-refractivity contribution is -0.0398. The summed E-state index contributed by atoms with van der Waals surface area (Å²) in [5.41, 5.74) is 0.165. The Bertz CT molecular complexity index is 547. The number of hydrogen-bond donors (Lipinski definition) is 1. The SMILES string of the molecule is CC(C)c1cnc(C(=O)NC2(C#N)COC2)cc1Cl. The van der Waals surface area contributed by atoms with Crippen molar-refractivity contribution < 1.29 is 9.53 Å². The summed E-state index contributed by atoms with van der Waals surface area (Å²) in [5, 5.41) is 12.1. The van der Waals surface area contributed by atoms with Crippen molar-refractivity contribution in [2.45, 2.75) is 25.3 Å². The van der Waals surface area contributed by atoms with Gasteiger partial charge in [0.25, 0.3) is 5.91 Å². The van der Waals surface area contributed by atoms with E-state index in [2.05, 4.69) is 10.3 Å². The van der Waals surface area contributed by atoms with Gasteiger partial charge in [0.15, 0.2) is 5.54 Å². The van der Waals surface area contributed by atoms with Gasteiger partial charge in [-0.05, 0) is 17.5 Å². The van der Waals surface area contributed by atoms with Gasteiger partial charge < -0.3 is 10.1 Å². The van der Waals surface area contributed by atoms with Crippen LogP contribution < -0.4 is 5.32 Å². The van der Waals surface area contributed by atoms with Crippen molar-refractivity contribution in [3.05, 3.63) is 28.5 Å². The van der Waals surface area contributed by atoms with Gasteiger partial charge in [0.2, 0.25) is 0 Å². The molecule has 0 spiro atoms. The number of nitriles is 1. The lowest BCUT2D eigenvalue weighted by Crippen LogP contribution is -2.61. The molecule has 0 bridgehead atoms. The molecule has 1 aromatic heterocycles. The summed E-state index contributed by atoms with van der Waals surface area (Å²) in [4.78, 5) is 16.1. The van der Waals surface area contributed by atoms with Crippen molar-refractivity contribution in [2.24, 2.45) is 0 Å². The molecule has 6 heteroatoms. The predicted molar refractivity (Wildman–Crippen MR) is 70.0 cm³/mol. The Kier molecular flexibility index (Phi) is 3.74. The van der Waals surface area contributed by atoms with E-state index < -0.39 is 11.4 Å². The number of amides is 1. The fourth-order valence-electron chi connectivity index (χ4n) is 1.74. The van der Waals surface area contributed by atoms with E-state index in [4.69, 9.17) is 21.6 Å². The van der Waals surface area contributed by atoms with Crippen LogP contribution in [-0.4, -0.2) is 29.6 Å². The van der Waals surface area contributed by atoms with Crippen molar-refractivity contribution in [3.8, 4) is 6.07 Å². The lowest BCUT2D eigenvalue weighted by atomic mass is 9.99. The first kappa shape index (κ1) is 13.8. The third kappa shape index (κ3) is 2.70. The Labute approximate surface area is 116 Å². The maximum absolute atomic E-state index is 12.0. The molecular formula is C13H14ClN3O2. The molecule has 0 aromatic carbocycles. The van der Waals surface area contributed by atoms with Crippen LogP contribution in [0.5, 0.6) is 0 Å². The molecule has 19 heavy (non-hydrogen) atoms. The molecule has 0 saturated carbocycles. The molecule has 5 nitrogen and oxygen atoms in total. The number of aromatic nitrogens is 1. The van der Waals surface area contributed by atoms with Crippen LogP contribution in [0.1, 0.15) is 35.8 Å². The quantitative estimate of drug-likeness (QED) is 0.917. The Morgan fingerprint density at radius 2 is 2.32 bits per heavy atom. The van der Waals surface area contributed by atoms with Crippen LogP contribution in [0.4, 0.5) is 0 Å². The van der Waals surface area contributed by atoms with Crippen LogP contribution in [0.3, 0.4) is 0 Å². The zero-order valence-corrected chi connectivity index (χ0v) is 11.5. The summed E-state index contributed by atoms with van der Waals surface area (Å²) in [6.07, 6.45) is 1.60. The minimum Gasteiger partial charge on any atom is -0.374 e. The Hall–Kier alpha value is -1.64. The van der Waals surface area contributed by atoms with Gasteiger partial charge in [0.05, 0.1) is 19.3 Å². The van der Waals surface area contributed by atoms with Crippen LogP contribution in [0.15, 0.2) is 12.3 Å². The molecule has 1 aliphatic rings. The number of pyridine rings is 1. The average molecular weight is 280 g/mol. The minimum atomic E-state index is -0.929. The summed E-state index contributed by atoms with van der Waals surface area (Å²) in [7, 11) is 0. The fraction of sp³-hybridized carbons (Fsp3) is 0.462. The molecule has 100 valence electrons. The Morgan fingerprint density at radius 3 is 2.74 bits per heavy atom. The zero-order chi connectivity index (χ0) is 14.0. The molecule has 0 unspecified atom stereocenters. The Balaban J connectivity index is 2.16. The second-order valence-corrected chi connectivity index (χ2v) is 5.29. The molecule has 1 fully saturated rings. The summed E-state index contributed by atoms with van der Waals surface area (Å²) >= 11 is 6.11. The first-order valence-electron chi connectivity index (χ1n) is 5.94. The van der Waals surface area contributed by atoms with Gasteiger partial charge in [-0.15, -0.1) is 0 Å². The maximum atomic E-state index is 12.0. The van der Waals surface area contributed by atoms with Gasteiger partial charge in [0.1, 0.15) is 5.69 Å². The number of nitrogens with one attached hydrogen (secondary N) is 1. The summed E-state index contributed by atoms with van der Waals surface area (Å²) in [5.74, 6) is -0.176. The molecule has 1 amide bonds. The third-order valence-electron chi connectivity index (χ3n) is 3.00. The van der Waals surface area contributed by atoms with Crippen LogP contribution in [0.25, 0.3) is 0 Å². The highest BCUT2D eigenvalue weighted by molar-refractivity contribution is 6.31. The van der Waals surface area contributed by atoms with Crippen molar-refractivity contribution in [1.82, 2.24) is 10.3 Å². The number of carbonyl (C=O) groups excluding carboxylic acids is 1. The summed E-state index contributed by atoms with van der Waals surface area (Å²) in [6.45, 7) is 4.40. The van der Waals surface area contributed by atoms with E-state index in [9.17, 15) is 4.79 Å². The first-order chi connectivity index (χ1) is 8.97. The van der Waals surface area contributed by atoms with Gasteiger partial charge in [-0.1, -0.05) is 25.4 Å². The number of ether oxygens (including phenoxy) is 1. The number of carbonyl (C=O) groups is 1. The standard InChI is InChI=1S/C13H14ClN3O2/c1-8(2)9-4-16-11(3-10(9)14)12(18)17-13(5-15)6-19-7-13/h3-4,8H,6-7H2,1-2H3,(H,17,18). The van der Waals surface area contributed by atoms with Crippen molar-refractivity contribution in [1.29, 1.82) is 5.26 Å². The fourth-order valence-corrected chi connectivity index (χ4v) is 2.11. The van der Waals surface area contributed by atoms with E-state index in [-0.39, 0.29) is 24.8 Å². The van der Waals surface area contributed by atoms with Crippen LogP contribution in [0.2, 0.25) is 5.02 Å². The van der Waals surface area contributed by atoms with E-state index in [1.165, 1.54) is 6.07 Å². The van der Waals surface area contributed by atoms with E-state index in [1.807, 2.05) is 19.9 Å². The van der Waals surface area contributed by atoms with Gasteiger partial charge in [0, 0.05) is 11.2 Å². The Morgan fingerprint density at radius 1 is 1.63 bits per heavy atom. The monoisotopic (exact) mass is 279 g/mol. The molecule has 1 aromatic rings. The molecule has 0 atom stereocenters. The van der Waals surface area contributed by atoms with Crippen molar-refractivity contribution in [3.63, 3.8) is 0 Å². The largest absolute Gasteiger partial charge is 0.374 e. The van der Waals surface area contributed by atoms with Gasteiger partial charge in [-0.3, -0.25) is 9.78 Å². The maximum Gasteiger partial charge on any atom is 0.271 e. The summed E-state index contributed by atoms with van der Waals surface area (Å²) < 4.78 is 4.96. The van der Waals surface area contributed by atoms with Gasteiger partial charge in [-0.25, -0.2) is 0 Å². The van der Waals surface area contributed by atoms with Gasteiger partial charge in [-0.2, -0.15) is 5.26 Å². The smallest absolute Gasteiger partial charge is 0.271 e. The zero-order valence-electron chi connectivity index (χ0n) is 10.7. The van der Waals surface area contributed by atoms with E-state index >= 15 is 0 Å². The predicted octanol–water partition coefficient (Wildman–Crippen LogP) is 1.88. The molecule has 1 N–H and O–H groups in total. The number of rotatable bonds is 3. The van der Waals surface area contributed by atoms with Crippen molar-refractivity contribution in [2.75, 3.05) is 13.2 Å². The first-order valence-corrected chi connectivity index (χ1v) is 6.32. The number of hydrogen-bond acceptors (Lipinski definition) is 4. The van der Waals surface area contributed by atoms with E-state index in [1.54, 1.807) is 6.20 Å². The topological polar surface area (TPSA) is 75.0 Å². The lowest BCUT2D eigenvalue weighted by Gasteiger charge is -2.35. The second-order valence-electron chi connectivity index (χ2n) is 4.89. The molecule has 1 aliphatic heterocycles. The average Bonchev–Trinajstić information content (AvgIpc) is 2.33. The number of nitrogens with zero attached hydrogens (tertiary/aromatic N) is 2. The molecule has 0 aliphatic carbocycles. The molecule has 2 rings (SSSR count). The van der Waals surface area contributed by atoms with Crippen LogP contribution >= 0.6 is 11.6 Å². The van der Waals surface area contributed by atoms with E-state index in [0.29, 0.717) is 5.02 Å². The highest BCUT2D eigenvalue weighted by Gasteiger charge is 2.40. The van der Waals surface area contributed by atoms with E-state index in [0.717, 1.165) is 5.56 Å². The molecule has 2 heterocycles. The number of halogens is 1. The highest BCUT2D eigenvalue weighted by Crippen LogP contribution is 2.24. The van der Waals surface area contributed by atoms with Crippen LogP contribution in [0, 0.1) is 11.3 Å². The van der Waals surface area contributed by atoms with Gasteiger partial charge >= 0.3 is 0 Å². The van der Waals surface area contributed by atoms with Crippen molar-refractivity contribution >= 4 is 17.5 Å². The third-order valence-corrected chi connectivity index (χ3v) is 3.33. The molecular weight excluding hydrogens is 266 g/mol. The second kappa shape index (κ2) is 5.16. The summed E-state index contributed by atoms with van der Waals surface area (Å²) in [6, 6.07) is 3.57. The molecule has 0 radical (unpaired) electrons.